The molecule has 18 heteroatoms. The van der Waals surface area contributed by atoms with Crippen molar-refractivity contribution in [3.63, 3.8) is 0 Å². The van der Waals surface area contributed by atoms with Gasteiger partial charge in [-0.25, -0.2) is 18.2 Å². The van der Waals surface area contributed by atoms with E-state index in [-0.39, 0.29) is 31.2 Å². The SMILES string of the molecule is CCC1CC(C)CCC=CC2CC2(C(=O)NS(=O)(=O)C2(C)CC2)NC(=O)C2CC(Oc3nccc4c5c(ccc34)CCCO5)CN2C(=O)C1NC(=O)OC(C)(C)C(F)(F)F. The number of hydrogen-bond donors (Lipinski definition) is 3. The molecule has 4 heterocycles. The van der Waals surface area contributed by atoms with Crippen LogP contribution in [-0.2, 0) is 35.6 Å². The summed E-state index contributed by atoms with van der Waals surface area (Å²) in [6.07, 6.45) is 2.43. The average Bonchev–Trinajstić information content (AvgIpc) is 4.07. The first-order chi connectivity index (χ1) is 28.2. The summed E-state index contributed by atoms with van der Waals surface area (Å²) in [5, 5.41) is 6.69. The molecule has 1 aromatic heterocycles. The number of sulfonamides is 1. The molecule has 0 bridgehead atoms. The van der Waals surface area contributed by atoms with Crippen LogP contribution in [0, 0.1) is 17.8 Å². The number of fused-ring (bicyclic) bond motifs is 5. The standard InChI is InChI=1S/C42H54F3N5O9S/c1-6-25-20-24(2)10-7-8-12-27-22-41(27,37(53)49-60(55,56)40(5)16-17-40)48-34(51)31-21-28(23-50(31)36(52)32(25)47-38(54)59-39(3,4)42(43,44)45)58-35-30-14-13-26-11-9-19-57-33(26)29(30)15-18-46-35/h8,12-15,18,24-25,27-28,31-32H,6-7,9-11,16-17,19-23H2,1-5H3,(H,47,54)(H,48,51)(H,49,53). The van der Waals surface area contributed by atoms with Crippen molar-refractivity contribution in [2.24, 2.45) is 17.8 Å². The number of carbonyl (C=O) groups is 4. The summed E-state index contributed by atoms with van der Waals surface area (Å²) in [4.78, 5) is 62.6. The first-order valence-electron chi connectivity index (χ1n) is 20.8. The highest BCUT2D eigenvalue weighted by Crippen LogP contribution is 2.48. The predicted molar refractivity (Wildman–Crippen MR) is 213 cm³/mol. The van der Waals surface area contributed by atoms with Gasteiger partial charge in [-0.1, -0.05) is 38.5 Å². The molecule has 1 saturated heterocycles. The zero-order valence-corrected chi connectivity index (χ0v) is 35.3. The summed E-state index contributed by atoms with van der Waals surface area (Å²) in [7, 11) is -4.08. The van der Waals surface area contributed by atoms with E-state index in [1.165, 1.54) is 4.90 Å². The van der Waals surface area contributed by atoms with Crippen molar-refractivity contribution in [1.29, 1.82) is 0 Å². The Kier molecular flexibility index (Phi) is 11.6. The Balaban J connectivity index is 1.24. The summed E-state index contributed by atoms with van der Waals surface area (Å²) in [6.45, 7) is 7.08. The number of ether oxygens (including phenoxy) is 3. The summed E-state index contributed by atoms with van der Waals surface area (Å²) in [5.74, 6) is -2.61. The second-order valence-electron chi connectivity index (χ2n) is 17.9. The number of allylic oxidation sites excluding steroid dienone is 1. The summed E-state index contributed by atoms with van der Waals surface area (Å²) >= 11 is 0. The van der Waals surface area contributed by atoms with Crippen LogP contribution in [0.1, 0.15) is 98.0 Å². The second-order valence-corrected chi connectivity index (χ2v) is 20.1. The van der Waals surface area contributed by atoms with E-state index in [4.69, 9.17) is 14.2 Å². The van der Waals surface area contributed by atoms with E-state index in [0.29, 0.717) is 64.4 Å². The van der Waals surface area contributed by atoms with Gasteiger partial charge in [-0.15, -0.1) is 0 Å². The first kappa shape index (κ1) is 43.5. The van der Waals surface area contributed by atoms with E-state index in [1.807, 2.05) is 31.2 Å². The van der Waals surface area contributed by atoms with Crippen molar-refractivity contribution in [3.8, 4) is 11.6 Å². The zero-order chi connectivity index (χ0) is 43.4. The molecule has 328 valence electrons. The number of alkyl halides is 3. The third-order valence-corrected chi connectivity index (χ3v) is 15.1. The number of aryl methyl sites for hydroxylation is 1. The van der Waals surface area contributed by atoms with Gasteiger partial charge >= 0.3 is 12.3 Å². The van der Waals surface area contributed by atoms with E-state index in [1.54, 1.807) is 26.1 Å². The van der Waals surface area contributed by atoms with E-state index in [2.05, 4.69) is 20.3 Å². The van der Waals surface area contributed by atoms with E-state index >= 15 is 0 Å². The predicted octanol–water partition coefficient (Wildman–Crippen LogP) is 5.62. The van der Waals surface area contributed by atoms with Crippen molar-refractivity contribution in [2.75, 3.05) is 13.2 Å². The van der Waals surface area contributed by atoms with E-state index in [0.717, 1.165) is 29.5 Å². The van der Waals surface area contributed by atoms with Gasteiger partial charge in [0, 0.05) is 29.3 Å². The number of nitrogens with one attached hydrogen (secondary N) is 3. The van der Waals surface area contributed by atoms with Crippen LogP contribution in [0.2, 0.25) is 0 Å². The molecule has 2 saturated carbocycles. The van der Waals surface area contributed by atoms with E-state index < -0.39 is 85.9 Å². The van der Waals surface area contributed by atoms with Crippen LogP contribution < -0.4 is 24.8 Å². The minimum absolute atomic E-state index is 0.0291. The number of alkyl carbamates (subject to hydrolysis) is 1. The number of pyridine rings is 1. The molecule has 1 aromatic carbocycles. The smallest absolute Gasteiger partial charge is 0.427 e. The van der Waals surface area contributed by atoms with Crippen molar-refractivity contribution >= 4 is 44.6 Å². The average molecular weight is 862 g/mol. The normalized spacial score (nSPS) is 29.4. The van der Waals surface area contributed by atoms with Crippen LogP contribution in [0.15, 0.2) is 36.5 Å². The largest absolute Gasteiger partial charge is 0.493 e. The molecule has 0 radical (unpaired) electrons. The van der Waals surface area contributed by atoms with Gasteiger partial charge in [0.25, 0.3) is 5.91 Å². The topological polar surface area (TPSA) is 182 Å². The molecule has 7 unspecified atom stereocenters. The van der Waals surface area contributed by atoms with Crippen LogP contribution in [0.25, 0.3) is 10.8 Å². The van der Waals surface area contributed by atoms with Gasteiger partial charge in [-0.3, -0.25) is 19.1 Å². The van der Waals surface area contributed by atoms with Crippen molar-refractivity contribution in [1.82, 2.24) is 25.2 Å². The fraction of sp³-hybridized carbons (Fsp3) is 0.643. The fourth-order valence-corrected chi connectivity index (χ4v) is 9.88. The molecule has 5 aliphatic rings. The van der Waals surface area contributed by atoms with Gasteiger partial charge in [0.2, 0.25) is 33.3 Å². The molecule has 2 aromatic rings. The van der Waals surface area contributed by atoms with Gasteiger partial charge in [-0.2, -0.15) is 13.2 Å². The zero-order valence-electron chi connectivity index (χ0n) is 34.5. The Labute approximate surface area is 347 Å². The summed E-state index contributed by atoms with van der Waals surface area (Å²) in [6, 6.07) is 2.90. The number of halogens is 3. The third kappa shape index (κ3) is 8.49. The Bertz CT molecular complexity index is 2180. The van der Waals surface area contributed by atoms with Gasteiger partial charge in [-0.05, 0) is 102 Å². The Morgan fingerprint density at radius 3 is 2.57 bits per heavy atom. The highest BCUT2D eigenvalue weighted by Gasteiger charge is 2.63. The highest BCUT2D eigenvalue weighted by atomic mass is 32.2. The van der Waals surface area contributed by atoms with Crippen LogP contribution in [-0.4, -0.2) is 95.5 Å². The lowest BCUT2D eigenvalue weighted by Crippen LogP contribution is -2.60. The lowest BCUT2D eigenvalue weighted by molar-refractivity contribution is -0.244. The summed E-state index contributed by atoms with van der Waals surface area (Å²) in [5.41, 5.74) is -3.48. The molecule has 7 atom stereocenters. The number of amides is 4. The van der Waals surface area contributed by atoms with Crippen LogP contribution in [0.3, 0.4) is 0 Å². The molecule has 3 fully saturated rings. The van der Waals surface area contributed by atoms with Crippen molar-refractivity contribution < 1.29 is 55.0 Å². The fourth-order valence-electron chi connectivity index (χ4n) is 8.56. The molecule has 2 aliphatic carbocycles. The minimum Gasteiger partial charge on any atom is -0.493 e. The number of rotatable bonds is 8. The number of carbonyl (C=O) groups excluding carboxylic acids is 4. The second kappa shape index (κ2) is 16.0. The first-order valence-corrected chi connectivity index (χ1v) is 22.3. The van der Waals surface area contributed by atoms with Crippen LogP contribution in [0.5, 0.6) is 11.6 Å². The Hall–Kier alpha value is -4.61. The van der Waals surface area contributed by atoms with E-state index in [9.17, 15) is 40.8 Å². The quantitative estimate of drug-likeness (QED) is 0.282. The summed E-state index contributed by atoms with van der Waals surface area (Å²) < 4.78 is 86.4. The monoisotopic (exact) mass is 861 g/mol. The maximum atomic E-state index is 15.0. The molecule has 3 aliphatic heterocycles. The molecule has 0 spiro atoms. The molecule has 60 heavy (non-hydrogen) atoms. The molecular weight excluding hydrogens is 808 g/mol. The molecule has 14 nitrogen and oxygen atoms in total. The maximum absolute atomic E-state index is 15.0. The Morgan fingerprint density at radius 2 is 1.87 bits per heavy atom. The Morgan fingerprint density at radius 1 is 1.12 bits per heavy atom. The van der Waals surface area contributed by atoms with Gasteiger partial charge < -0.3 is 29.7 Å². The van der Waals surface area contributed by atoms with Crippen LogP contribution in [0.4, 0.5) is 18.0 Å². The van der Waals surface area contributed by atoms with Crippen molar-refractivity contribution in [2.45, 2.75) is 139 Å². The molecule has 3 N–H and O–H groups in total. The third-order valence-electron chi connectivity index (χ3n) is 13.0. The molecule has 7 rings (SSSR count). The van der Waals surface area contributed by atoms with Crippen molar-refractivity contribution in [3.05, 3.63) is 42.1 Å². The number of benzene rings is 1. The number of hydrogen-bond acceptors (Lipinski definition) is 10. The van der Waals surface area contributed by atoms with Gasteiger partial charge in [0.05, 0.1) is 17.9 Å². The van der Waals surface area contributed by atoms with Gasteiger partial charge in [0.1, 0.15) is 29.5 Å². The molecular formula is C42H54F3N5O9S. The minimum atomic E-state index is -4.91. The lowest BCUT2D eigenvalue weighted by atomic mass is 9.85. The molecule has 4 amide bonds. The van der Waals surface area contributed by atoms with Crippen LogP contribution >= 0.6 is 0 Å². The highest BCUT2D eigenvalue weighted by molar-refractivity contribution is 7.91. The lowest BCUT2D eigenvalue weighted by Gasteiger charge is -2.35. The number of nitrogens with zero attached hydrogens (tertiary/aromatic N) is 2. The number of aromatic nitrogens is 1. The maximum Gasteiger partial charge on any atom is 0.427 e. The van der Waals surface area contributed by atoms with Gasteiger partial charge in [0.15, 0.2) is 0 Å².